The van der Waals surface area contributed by atoms with Crippen LogP contribution in [-0.4, -0.2) is 59.3 Å². The lowest BCUT2D eigenvalue weighted by molar-refractivity contribution is -0.114. The van der Waals surface area contributed by atoms with E-state index in [0.29, 0.717) is 17.1 Å². The summed E-state index contributed by atoms with van der Waals surface area (Å²) in [5.74, 6) is 0.291. The predicted molar refractivity (Wildman–Crippen MR) is 133 cm³/mol. The number of ether oxygens (including phenoxy) is 2. The van der Waals surface area contributed by atoms with Gasteiger partial charge < -0.3 is 14.0 Å². The number of methoxy groups -OCH3 is 2. The number of carbonyl (C=O) groups is 1. The van der Waals surface area contributed by atoms with E-state index in [1.807, 2.05) is 36.6 Å². The van der Waals surface area contributed by atoms with Gasteiger partial charge in [0.1, 0.15) is 11.5 Å². The number of hydrazone groups is 1. The summed E-state index contributed by atoms with van der Waals surface area (Å²) in [5.41, 5.74) is 3.23. The molecule has 12 heteroatoms. The molecule has 4 rings (SSSR count). The molecule has 1 N–H and O–H groups in total. The number of hydrogen-bond donors (Lipinski definition) is 1. The Labute approximate surface area is 201 Å². The van der Waals surface area contributed by atoms with E-state index < -0.39 is 15.7 Å². The summed E-state index contributed by atoms with van der Waals surface area (Å²) >= 11 is 0.777. The zero-order valence-corrected chi connectivity index (χ0v) is 20.9. The molecule has 0 atom stereocenters. The number of rotatable bonds is 5. The minimum Gasteiger partial charge on any atom is -0.497 e. The second-order valence-corrected chi connectivity index (χ2v) is 10.9. The minimum atomic E-state index is -3.59. The van der Waals surface area contributed by atoms with Crippen LogP contribution in [0.4, 0.5) is 0 Å². The van der Waals surface area contributed by atoms with Crippen LogP contribution in [0.2, 0.25) is 0 Å². The molecule has 2 aromatic rings. The zero-order chi connectivity index (χ0) is 24.8. The van der Waals surface area contributed by atoms with E-state index in [0.717, 1.165) is 33.8 Å². The van der Waals surface area contributed by atoms with E-state index in [1.165, 1.54) is 6.92 Å². The van der Waals surface area contributed by atoms with Crippen molar-refractivity contribution in [3.8, 4) is 17.2 Å². The Kier molecular flexibility index (Phi) is 6.13. The monoisotopic (exact) mass is 501 g/mol. The number of carbonyl (C=O) groups excluding carboxylic acids is 1. The molecule has 2 aliphatic rings. The molecule has 3 heterocycles. The molecule has 34 heavy (non-hydrogen) atoms. The van der Waals surface area contributed by atoms with E-state index >= 15 is 0 Å². The second kappa shape index (κ2) is 8.76. The topological polar surface area (TPSA) is 126 Å². The van der Waals surface area contributed by atoms with Gasteiger partial charge in [-0.15, -0.1) is 5.10 Å². The average Bonchev–Trinajstić information content (AvgIpc) is 3.37. The number of amides is 1. The van der Waals surface area contributed by atoms with E-state index in [2.05, 4.69) is 10.1 Å². The smallest absolute Gasteiger partial charge is 0.283 e. The van der Waals surface area contributed by atoms with E-state index in [1.54, 1.807) is 26.4 Å². The third kappa shape index (κ3) is 3.92. The lowest BCUT2D eigenvalue weighted by Crippen LogP contribution is -2.35. The van der Waals surface area contributed by atoms with Crippen LogP contribution in [0.3, 0.4) is 0 Å². The molecule has 0 saturated heterocycles. The number of fused-ring (bicyclic) bond motifs is 1. The standard InChI is InChI=1S/C22H23N5O5S2/c1-6-34(29,30)22-25-27-19(23)16(20(28)24-21(27)33-22)10-14-9-12(2)26(13(14)3)17-8-7-15(31-4)11-18(17)32-5/h7-11,23H,6H2,1-5H3/b16-10+,23-19?. The van der Waals surface area contributed by atoms with Gasteiger partial charge in [0.15, 0.2) is 5.84 Å². The molecule has 2 aliphatic heterocycles. The van der Waals surface area contributed by atoms with Crippen molar-refractivity contribution in [3.63, 3.8) is 0 Å². The third-order valence-electron chi connectivity index (χ3n) is 5.48. The van der Waals surface area contributed by atoms with Gasteiger partial charge in [0.05, 0.1) is 31.2 Å². The lowest BCUT2D eigenvalue weighted by Gasteiger charge is -2.20. The molecule has 0 fully saturated rings. The highest BCUT2D eigenvalue weighted by Gasteiger charge is 2.39. The van der Waals surface area contributed by atoms with Crippen molar-refractivity contribution < 1.29 is 22.7 Å². The third-order valence-corrected chi connectivity index (χ3v) is 8.57. The van der Waals surface area contributed by atoms with Gasteiger partial charge in [-0.1, -0.05) is 6.92 Å². The minimum absolute atomic E-state index is 0.0187. The van der Waals surface area contributed by atoms with Crippen LogP contribution in [0, 0.1) is 19.3 Å². The van der Waals surface area contributed by atoms with Crippen LogP contribution in [0.25, 0.3) is 11.8 Å². The summed E-state index contributed by atoms with van der Waals surface area (Å²) < 4.78 is 37.0. The molecule has 0 bridgehead atoms. The number of amidine groups is 2. The molecule has 178 valence electrons. The lowest BCUT2D eigenvalue weighted by atomic mass is 10.1. The number of aliphatic imine (C=N–C) groups is 1. The molecule has 0 saturated carbocycles. The first-order valence-corrected chi connectivity index (χ1v) is 12.7. The Morgan fingerprint density at radius 3 is 2.56 bits per heavy atom. The van der Waals surface area contributed by atoms with E-state index in [9.17, 15) is 13.2 Å². The SMILES string of the molecule is CCS(=O)(=O)C1=NN2C(=N)/C(=C\c3cc(C)n(-c4ccc(OC)cc4OC)c3C)C(=O)N=C2S1. The fourth-order valence-corrected chi connectivity index (χ4v) is 5.82. The number of aryl methyl sites for hydroxylation is 1. The summed E-state index contributed by atoms with van der Waals surface area (Å²) in [6.07, 6.45) is 1.58. The number of hydrogen-bond acceptors (Lipinski definition) is 8. The number of nitrogens with zero attached hydrogens (tertiary/aromatic N) is 4. The van der Waals surface area contributed by atoms with Crippen molar-refractivity contribution in [1.82, 2.24) is 9.58 Å². The Morgan fingerprint density at radius 2 is 1.91 bits per heavy atom. The first kappa shape index (κ1) is 23.8. The van der Waals surface area contributed by atoms with Crippen molar-refractivity contribution in [2.75, 3.05) is 20.0 Å². The second-order valence-electron chi connectivity index (χ2n) is 7.49. The highest BCUT2D eigenvalue weighted by atomic mass is 32.3. The van der Waals surface area contributed by atoms with Crippen molar-refractivity contribution in [2.24, 2.45) is 10.1 Å². The number of aromatic nitrogens is 1. The molecular formula is C22H23N5O5S2. The fourth-order valence-electron chi connectivity index (χ4n) is 3.65. The fraction of sp³-hybridized carbons (Fsp3) is 0.273. The summed E-state index contributed by atoms with van der Waals surface area (Å²) in [4.78, 5) is 16.7. The summed E-state index contributed by atoms with van der Waals surface area (Å²) in [6.45, 7) is 5.32. The molecule has 0 radical (unpaired) electrons. The number of benzene rings is 1. The molecule has 0 aliphatic carbocycles. The zero-order valence-electron chi connectivity index (χ0n) is 19.2. The Bertz CT molecular complexity index is 1420. The maximum absolute atomic E-state index is 12.7. The van der Waals surface area contributed by atoms with Gasteiger partial charge >= 0.3 is 0 Å². The Balaban J connectivity index is 1.76. The van der Waals surface area contributed by atoms with Crippen molar-refractivity contribution in [1.29, 1.82) is 5.41 Å². The van der Waals surface area contributed by atoms with Gasteiger partial charge in [0.25, 0.3) is 5.91 Å². The van der Waals surface area contributed by atoms with Crippen LogP contribution < -0.4 is 9.47 Å². The predicted octanol–water partition coefficient (Wildman–Crippen LogP) is 3.12. The molecular weight excluding hydrogens is 478 g/mol. The van der Waals surface area contributed by atoms with Crippen LogP contribution in [0.1, 0.15) is 23.9 Å². The highest BCUT2D eigenvalue weighted by Crippen LogP contribution is 2.34. The highest BCUT2D eigenvalue weighted by molar-refractivity contribution is 8.42. The van der Waals surface area contributed by atoms with Crippen LogP contribution >= 0.6 is 11.8 Å². The number of sulfone groups is 1. The van der Waals surface area contributed by atoms with Crippen molar-refractivity contribution in [3.05, 3.63) is 46.8 Å². The van der Waals surface area contributed by atoms with Crippen LogP contribution in [0.5, 0.6) is 11.5 Å². The van der Waals surface area contributed by atoms with Gasteiger partial charge in [-0.3, -0.25) is 10.2 Å². The molecule has 1 aromatic heterocycles. The molecule has 1 amide bonds. The van der Waals surface area contributed by atoms with E-state index in [-0.39, 0.29) is 26.7 Å². The largest absolute Gasteiger partial charge is 0.497 e. The summed E-state index contributed by atoms with van der Waals surface area (Å²) in [7, 11) is -0.426. The van der Waals surface area contributed by atoms with Crippen LogP contribution in [0.15, 0.2) is 39.9 Å². The Morgan fingerprint density at radius 1 is 1.18 bits per heavy atom. The van der Waals surface area contributed by atoms with Gasteiger partial charge in [0, 0.05) is 17.5 Å². The first-order chi connectivity index (χ1) is 16.1. The molecule has 0 spiro atoms. The summed E-state index contributed by atoms with van der Waals surface area (Å²) in [5, 5.41) is 13.7. The van der Waals surface area contributed by atoms with Gasteiger partial charge in [0.2, 0.25) is 19.4 Å². The maximum Gasteiger partial charge on any atom is 0.283 e. The normalized spacial score (nSPS) is 17.1. The first-order valence-electron chi connectivity index (χ1n) is 10.3. The van der Waals surface area contributed by atoms with Crippen molar-refractivity contribution >= 4 is 49.0 Å². The van der Waals surface area contributed by atoms with Crippen molar-refractivity contribution in [2.45, 2.75) is 20.8 Å². The number of nitrogens with one attached hydrogen (secondary N) is 1. The quantitative estimate of drug-likeness (QED) is 0.624. The molecule has 0 unspecified atom stereocenters. The van der Waals surface area contributed by atoms with E-state index in [4.69, 9.17) is 14.9 Å². The molecule has 10 nitrogen and oxygen atoms in total. The van der Waals surface area contributed by atoms with Crippen LogP contribution in [-0.2, 0) is 14.6 Å². The van der Waals surface area contributed by atoms with Gasteiger partial charge in [-0.2, -0.15) is 10.0 Å². The Hall–Kier alpha value is -3.38. The average molecular weight is 502 g/mol. The van der Waals surface area contributed by atoms with Gasteiger partial charge in [-0.25, -0.2) is 8.42 Å². The van der Waals surface area contributed by atoms with Gasteiger partial charge in [-0.05, 0) is 55.4 Å². The summed E-state index contributed by atoms with van der Waals surface area (Å²) in [6, 6.07) is 7.38. The maximum atomic E-state index is 12.7. The molecule has 1 aromatic carbocycles. The number of thioether (sulfide) groups is 1.